The molecule has 2 aromatic carbocycles. The van der Waals surface area contributed by atoms with Gasteiger partial charge in [0.05, 0.1) is 0 Å². The van der Waals surface area contributed by atoms with Crippen LogP contribution in [-0.4, -0.2) is 24.5 Å². The number of carbonyl (C=O) groups is 2. The monoisotopic (exact) mass is 379 g/mol. The zero-order chi connectivity index (χ0) is 19.6. The van der Waals surface area contributed by atoms with E-state index in [0.29, 0.717) is 18.7 Å². The summed E-state index contributed by atoms with van der Waals surface area (Å²) in [6, 6.07) is 18.1. The first-order chi connectivity index (χ1) is 13.7. The predicted molar refractivity (Wildman–Crippen MR) is 112 cm³/mol. The van der Waals surface area contributed by atoms with Crippen molar-refractivity contribution in [2.24, 2.45) is 5.92 Å². The van der Waals surface area contributed by atoms with E-state index < -0.39 is 6.04 Å². The molecule has 3 rings (SSSR count). The Morgan fingerprint density at radius 1 is 0.929 bits per heavy atom. The van der Waals surface area contributed by atoms with Gasteiger partial charge in [0.25, 0.3) is 0 Å². The van der Waals surface area contributed by atoms with E-state index in [-0.39, 0.29) is 11.9 Å². The van der Waals surface area contributed by atoms with E-state index in [1.165, 1.54) is 25.7 Å². The van der Waals surface area contributed by atoms with Crippen LogP contribution in [0.3, 0.4) is 0 Å². The van der Waals surface area contributed by atoms with Crippen LogP contribution < -0.4 is 16.0 Å². The fourth-order valence-electron chi connectivity index (χ4n) is 3.71. The fourth-order valence-corrected chi connectivity index (χ4v) is 3.71. The maximum Gasteiger partial charge on any atom is 0.315 e. The van der Waals surface area contributed by atoms with Gasteiger partial charge < -0.3 is 16.0 Å². The summed E-state index contributed by atoms with van der Waals surface area (Å²) >= 11 is 0. The molecule has 28 heavy (non-hydrogen) atoms. The highest BCUT2D eigenvalue weighted by atomic mass is 16.2. The summed E-state index contributed by atoms with van der Waals surface area (Å²) in [7, 11) is 0. The Balaban J connectivity index is 1.56. The lowest BCUT2D eigenvalue weighted by Crippen LogP contribution is -2.49. The van der Waals surface area contributed by atoms with Crippen LogP contribution in [0.5, 0.6) is 0 Å². The average Bonchev–Trinajstić information content (AvgIpc) is 3.22. The van der Waals surface area contributed by atoms with Crippen LogP contribution in [0.2, 0.25) is 0 Å². The van der Waals surface area contributed by atoms with Crippen LogP contribution in [0, 0.1) is 5.92 Å². The van der Waals surface area contributed by atoms with Gasteiger partial charge in [-0.2, -0.15) is 0 Å². The van der Waals surface area contributed by atoms with Crippen LogP contribution in [0.25, 0.3) is 0 Å². The lowest BCUT2D eigenvalue weighted by Gasteiger charge is -2.19. The Kier molecular flexibility index (Phi) is 7.47. The van der Waals surface area contributed by atoms with Gasteiger partial charge in [-0.1, -0.05) is 74.2 Å². The van der Waals surface area contributed by atoms with E-state index in [0.717, 1.165) is 17.9 Å². The molecular weight excluding hydrogens is 350 g/mol. The summed E-state index contributed by atoms with van der Waals surface area (Å²) in [5.74, 6) is 0.503. The summed E-state index contributed by atoms with van der Waals surface area (Å²) in [6.07, 6.45) is 6.58. The third-order valence-corrected chi connectivity index (χ3v) is 5.26. The van der Waals surface area contributed by atoms with Crippen molar-refractivity contribution in [1.82, 2.24) is 10.6 Å². The SMILES string of the molecule is O=C(NCCC1CCCC1)NC(Cc1ccccc1)C(=O)Nc1ccccc1. The Morgan fingerprint density at radius 3 is 2.25 bits per heavy atom. The number of amides is 3. The summed E-state index contributed by atoms with van der Waals surface area (Å²) in [4.78, 5) is 25.2. The van der Waals surface area contributed by atoms with E-state index in [4.69, 9.17) is 0 Å². The third kappa shape index (κ3) is 6.41. The maximum atomic E-state index is 12.8. The molecule has 5 heteroatoms. The molecule has 0 saturated heterocycles. The molecule has 148 valence electrons. The molecule has 1 aliphatic carbocycles. The highest BCUT2D eigenvalue weighted by Gasteiger charge is 2.22. The molecule has 3 amide bonds. The Morgan fingerprint density at radius 2 is 1.57 bits per heavy atom. The number of urea groups is 1. The molecule has 1 saturated carbocycles. The third-order valence-electron chi connectivity index (χ3n) is 5.26. The molecule has 1 unspecified atom stereocenters. The zero-order valence-corrected chi connectivity index (χ0v) is 16.2. The van der Waals surface area contributed by atoms with Gasteiger partial charge in [0.2, 0.25) is 5.91 Å². The second-order valence-corrected chi connectivity index (χ2v) is 7.44. The van der Waals surface area contributed by atoms with Crippen molar-refractivity contribution < 1.29 is 9.59 Å². The smallest absolute Gasteiger partial charge is 0.315 e. The number of anilines is 1. The summed E-state index contributed by atoms with van der Waals surface area (Å²) < 4.78 is 0. The van der Waals surface area contributed by atoms with E-state index in [2.05, 4.69) is 16.0 Å². The van der Waals surface area contributed by atoms with Crippen molar-refractivity contribution in [2.45, 2.75) is 44.6 Å². The number of nitrogens with one attached hydrogen (secondary N) is 3. The number of rotatable bonds is 8. The van der Waals surface area contributed by atoms with Crippen molar-refractivity contribution in [1.29, 1.82) is 0 Å². The largest absolute Gasteiger partial charge is 0.338 e. The molecule has 0 aromatic heterocycles. The summed E-state index contributed by atoms with van der Waals surface area (Å²) in [6.45, 7) is 0.648. The number of carbonyl (C=O) groups excluding carboxylic acids is 2. The van der Waals surface area contributed by atoms with Crippen LogP contribution in [0.4, 0.5) is 10.5 Å². The molecule has 5 nitrogen and oxygen atoms in total. The first-order valence-electron chi connectivity index (χ1n) is 10.1. The topological polar surface area (TPSA) is 70.2 Å². The Labute approximate surface area is 166 Å². The van der Waals surface area contributed by atoms with Crippen molar-refractivity contribution in [3.8, 4) is 0 Å². The lowest BCUT2D eigenvalue weighted by atomic mass is 10.0. The molecule has 0 spiro atoms. The summed E-state index contributed by atoms with van der Waals surface area (Å²) in [5.41, 5.74) is 1.72. The minimum absolute atomic E-state index is 0.221. The van der Waals surface area contributed by atoms with Crippen LogP contribution >= 0.6 is 0 Å². The van der Waals surface area contributed by atoms with Gasteiger partial charge >= 0.3 is 6.03 Å². The first-order valence-corrected chi connectivity index (χ1v) is 10.1. The van der Waals surface area contributed by atoms with E-state index in [1.807, 2.05) is 60.7 Å². The number of benzene rings is 2. The molecule has 1 atom stereocenters. The first kappa shape index (κ1) is 19.9. The minimum atomic E-state index is -0.644. The molecule has 0 aliphatic heterocycles. The van der Waals surface area contributed by atoms with Crippen LogP contribution in [0.1, 0.15) is 37.7 Å². The molecule has 3 N–H and O–H groups in total. The van der Waals surface area contributed by atoms with Crippen molar-refractivity contribution >= 4 is 17.6 Å². The van der Waals surface area contributed by atoms with E-state index in [1.54, 1.807) is 0 Å². The van der Waals surface area contributed by atoms with Gasteiger partial charge in [0, 0.05) is 18.7 Å². The fraction of sp³-hybridized carbons (Fsp3) is 0.391. The summed E-state index contributed by atoms with van der Waals surface area (Å²) in [5, 5.41) is 8.65. The highest BCUT2D eigenvalue weighted by Crippen LogP contribution is 2.26. The van der Waals surface area contributed by atoms with Crippen molar-refractivity contribution in [2.75, 3.05) is 11.9 Å². The number of para-hydroxylation sites is 1. The second-order valence-electron chi connectivity index (χ2n) is 7.44. The highest BCUT2D eigenvalue weighted by molar-refractivity contribution is 5.97. The van der Waals surface area contributed by atoms with Crippen molar-refractivity contribution in [3.63, 3.8) is 0 Å². The van der Waals surface area contributed by atoms with Gasteiger partial charge in [0.15, 0.2) is 0 Å². The van der Waals surface area contributed by atoms with Gasteiger partial charge in [0.1, 0.15) is 6.04 Å². The normalized spacial score (nSPS) is 15.0. The zero-order valence-electron chi connectivity index (χ0n) is 16.2. The number of hydrogen-bond acceptors (Lipinski definition) is 2. The van der Waals surface area contributed by atoms with E-state index in [9.17, 15) is 9.59 Å². The van der Waals surface area contributed by atoms with Gasteiger partial charge in [-0.25, -0.2) is 4.79 Å². The second kappa shape index (κ2) is 10.5. The lowest BCUT2D eigenvalue weighted by molar-refractivity contribution is -0.117. The average molecular weight is 380 g/mol. The van der Waals surface area contributed by atoms with Crippen molar-refractivity contribution in [3.05, 3.63) is 66.2 Å². The maximum absolute atomic E-state index is 12.8. The molecule has 0 bridgehead atoms. The quantitative estimate of drug-likeness (QED) is 0.646. The van der Waals surface area contributed by atoms with Gasteiger partial charge in [-0.05, 0) is 30.0 Å². The van der Waals surface area contributed by atoms with Gasteiger partial charge in [-0.15, -0.1) is 0 Å². The van der Waals surface area contributed by atoms with Crippen LogP contribution in [0.15, 0.2) is 60.7 Å². The molecule has 2 aromatic rings. The molecule has 0 radical (unpaired) electrons. The molecule has 1 fully saturated rings. The number of hydrogen-bond donors (Lipinski definition) is 3. The van der Waals surface area contributed by atoms with E-state index >= 15 is 0 Å². The molecule has 0 heterocycles. The Bertz CT molecular complexity index is 743. The van der Waals surface area contributed by atoms with Gasteiger partial charge in [-0.3, -0.25) is 4.79 Å². The molecule has 1 aliphatic rings. The Hall–Kier alpha value is -2.82. The van der Waals surface area contributed by atoms with Crippen LogP contribution in [-0.2, 0) is 11.2 Å². The predicted octanol–water partition coefficient (Wildman–Crippen LogP) is 4.12. The minimum Gasteiger partial charge on any atom is -0.338 e. The standard InChI is InChI=1S/C23H29N3O2/c27-22(25-20-13-5-2-6-14-20)21(17-19-11-3-1-4-12-19)26-23(28)24-16-15-18-9-7-8-10-18/h1-6,11-14,18,21H,7-10,15-17H2,(H,25,27)(H2,24,26,28). The molecular formula is C23H29N3O2.